The molecule has 230 valence electrons. The Morgan fingerprint density at radius 1 is 0.978 bits per heavy atom. The SMILES string of the molecule is CCOC(=O)c1ccc(N2C(=O)[C@@H]3[C@H](c4ccc(O)c(OC)c4)c4sc(=O)n(CC(=O)Nc5ccccc5)c4S[C@@H]3C2=O)cc1. The number of thioether (sulfide) groups is 1. The van der Waals surface area contributed by atoms with Crippen molar-refractivity contribution in [3.8, 4) is 11.5 Å². The molecule has 2 aliphatic rings. The highest BCUT2D eigenvalue weighted by molar-refractivity contribution is 8.00. The highest BCUT2D eigenvalue weighted by atomic mass is 32.2. The first kappa shape index (κ1) is 30.2. The van der Waals surface area contributed by atoms with E-state index in [0.29, 0.717) is 21.2 Å². The van der Waals surface area contributed by atoms with Crippen molar-refractivity contribution >= 4 is 58.2 Å². The van der Waals surface area contributed by atoms with Crippen LogP contribution in [0.2, 0.25) is 0 Å². The molecule has 1 fully saturated rings. The van der Waals surface area contributed by atoms with Gasteiger partial charge in [0.2, 0.25) is 17.7 Å². The molecule has 0 bridgehead atoms. The van der Waals surface area contributed by atoms with Gasteiger partial charge in [-0.25, -0.2) is 9.69 Å². The van der Waals surface area contributed by atoms with E-state index in [1.807, 2.05) is 6.07 Å². The van der Waals surface area contributed by atoms with Gasteiger partial charge in [0.25, 0.3) is 0 Å². The molecule has 13 heteroatoms. The fourth-order valence-corrected chi connectivity index (χ4v) is 8.36. The number of carbonyl (C=O) groups excluding carboxylic acids is 4. The number of methoxy groups -OCH3 is 1. The quantitative estimate of drug-likeness (QED) is 0.212. The van der Waals surface area contributed by atoms with E-state index in [2.05, 4.69) is 5.32 Å². The standard InChI is InChI=1S/C32H27N3O8S2/c1-3-43-31(40)17-9-12-20(13-10-17)35-28(38)25-24(18-11-14-21(36)22(15-18)42-2)27-30(44-26(25)29(35)39)34(32(41)45-27)16-23(37)33-19-7-5-4-6-8-19/h4-15,24-26,36H,3,16H2,1-2H3,(H,33,37)/t24-,25+,26-/m0/s1. The minimum absolute atomic E-state index is 0.108. The number of phenols is 1. The van der Waals surface area contributed by atoms with Gasteiger partial charge < -0.3 is 19.9 Å². The second-order valence-corrected chi connectivity index (χ2v) is 12.4. The molecule has 3 aromatic carbocycles. The van der Waals surface area contributed by atoms with E-state index in [0.717, 1.165) is 28.0 Å². The lowest BCUT2D eigenvalue weighted by molar-refractivity contribution is -0.122. The number of imide groups is 1. The van der Waals surface area contributed by atoms with Crippen molar-refractivity contribution in [2.24, 2.45) is 5.92 Å². The van der Waals surface area contributed by atoms with Crippen molar-refractivity contribution in [1.82, 2.24) is 4.57 Å². The number of hydrogen-bond donors (Lipinski definition) is 2. The lowest BCUT2D eigenvalue weighted by Gasteiger charge is -2.31. The summed E-state index contributed by atoms with van der Waals surface area (Å²) in [4.78, 5) is 67.9. The number of hydrogen-bond acceptors (Lipinski definition) is 10. The van der Waals surface area contributed by atoms with Crippen LogP contribution in [0.25, 0.3) is 0 Å². The molecule has 6 rings (SSSR count). The highest BCUT2D eigenvalue weighted by Gasteiger charge is 2.57. The van der Waals surface area contributed by atoms with Gasteiger partial charge in [-0.15, -0.1) is 0 Å². The number of esters is 1. The summed E-state index contributed by atoms with van der Waals surface area (Å²) in [5.74, 6) is -3.50. The molecule has 3 heterocycles. The van der Waals surface area contributed by atoms with Crippen LogP contribution in [0.5, 0.6) is 11.5 Å². The number of nitrogens with one attached hydrogen (secondary N) is 1. The van der Waals surface area contributed by atoms with Crippen molar-refractivity contribution in [1.29, 1.82) is 0 Å². The Morgan fingerprint density at radius 3 is 2.40 bits per heavy atom. The van der Waals surface area contributed by atoms with Gasteiger partial charge in [-0.2, -0.15) is 0 Å². The van der Waals surface area contributed by atoms with Crippen LogP contribution in [0, 0.1) is 5.92 Å². The lowest BCUT2D eigenvalue weighted by Crippen LogP contribution is -2.33. The predicted octanol–water partition coefficient (Wildman–Crippen LogP) is 4.24. The van der Waals surface area contributed by atoms with Crippen LogP contribution in [0.1, 0.15) is 33.6 Å². The first-order valence-corrected chi connectivity index (χ1v) is 15.7. The van der Waals surface area contributed by atoms with Gasteiger partial charge in [-0.1, -0.05) is 47.4 Å². The number of fused-ring (bicyclic) bond motifs is 2. The van der Waals surface area contributed by atoms with Gasteiger partial charge in [0.1, 0.15) is 11.8 Å². The molecule has 1 saturated heterocycles. The number of rotatable bonds is 8. The Labute approximate surface area is 265 Å². The number of ether oxygens (including phenoxy) is 2. The normalized spacial score (nSPS) is 18.7. The molecule has 4 aromatic rings. The van der Waals surface area contributed by atoms with Crippen LogP contribution < -0.4 is 19.8 Å². The molecule has 2 N–H and O–H groups in total. The minimum Gasteiger partial charge on any atom is -0.504 e. The molecule has 0 spiro atoms. The van der Waals surface area contributed by atoms with Gasteiger partial charge in [0.05, 0.1) is 35.9 Å². The van der Waals surface area contributed by atoms with Crippen molar-refractivity contribution in [3.05, 3.63) is 98.5 Å². The van der Waals surface area contributed by atoms with Crippen LogP contribution in [0.4, 0.5) is 11.4 Å². The van der Waals surface area contributed by atoms with Crippen molar-refractivity contribution in [2.75, 3.05) is 23.9 Å². The molecule has 1 aromatic heterocycles. The number of thiazole rings is 1. The average molecular weight is 646 g/mol. The third-order valence-corrected chi connectivity index (χ3v) is 10.2. The summed E-state index contributed by atoms with van der Waals surface area (Å²) in [6, 6.07) is 19.5. The zero-order valence-corrected chi connectivity index (χ0v) is 25.7. The second-order valence-electron chi connectivity index (χ2n) is 10.3. The summed E-state index contributed by atoms with van der Waals surface area (Å²) in [6.07, 6.45) is 0. The minimum atomic E-state index is -0.919. The van der Waals surface area contributed by atoms with Gasteiger partial charge in [0, 0.05) is 16.5 Å². The Kier molecular flexibility index (Phi) is 8.21. The first-order valence-electron chi connectivity index (χ1n) is 14.0. The van der Waals surface area contributed by atoms with E-state index in [9.17, 15) is 29.1 Å². The van der Waals surface area contributed by atoms with E-state index in [-0.39, 0.29) is 35.9 Å². The Bertz CT molecular complexity index is 1870. The summed E-state index contributed by atoms with van der Waals surface area (Å²) >= 11 is 2.00. The molecule has 45 heavy (non-hydrogen) atoms. The molecular weight excluding hydrogens is 618 g/mol. The number of nitrogens with zero attached hydrogens (tertiary/aromatic N) is 2. The zero-order chi connectivity index (χ0) is 31.8. The number of para-hydroxylation sites is 1. The van der Waals surface area contributed by atoms with Crippen molar-refractivity contribution < 1.29 is 33.8 Å². The molecule has 0 unspecified atom stereocenters. The highest BCUT2D eigenvalue weighted by Crippen LogP contribution is 2.54. The van der Waals surface area contributed by atoms with Gasteiger partial charge in [-0.3, -0.25) is 23.7 Å². The smallest absolute Gasteiger partial charge is 0.338 e. The van der Waals surface area contributed by atoms with Crippen molar-refractivity contribution in [3.63, 3.8) is 0 Å². The summed E-state index contributed by atoms with van der Waals surface area (Å²) in [6.45, 7) is 1.61. The maximum atomic E-state index is 14.1. The fourth-order valence-electron chi connectivity index (χ4n) is 5.58. The third-order valence-electron chi connectivity index (χ3n) is 7.61. The molecule has 11 nitrogen and oxygen atoms in total. The van der Waals surface area contributed by atoms with E-state index < -0.39 is 45.6 Å². The Hall–Kier alpha value is -4.88. The monoisotopic (exact) mass is 645 g/mol. The van der Waals surface area contributed by atoms with Gasteiger partial charge in [0.15, 0.2) is 11.5 Å². The van der Waals surface area contributed by atoms with Gasteiger partial charge in [-0.05, 0) is 61.0 Å². The molecule has 3 atom stereocenters. The Balaban J connectivity index is 1.40. The largest absolute Gasteiger partial charge is 0.504 e. The fraction of sp³-hybridized carbons (Fsp3) is 0.219. The summed E-state index contributed by atoms with van der Waals surface area (Å²) in [5.41, 5.74) is 1.70. The van der Waals surface area contributed by atoms with E-state index in [1.165, 1.54) is 42.0 Å². The van der Waals surface area contributed by atoms with Gasteiger partial charge >= 0.3 is 10.8 Å². The molecular formula is C32H27N3O8S2. The number of amides is 3. The lowest BCUT2D eigenvalue weighted by atomic mass is 9.83. The topological polar surface area (TPSA) is 144 Å². The summed E-state index contributed by atoms with van der Waals surface area (Å²) < 4.78 is 11.7. The average Bonchev–Trinajstić information content (AvgIpc) is 3.48. The molecule has 0 saturated carbocycles. The molecule has 3 amide bonds. The number of carbonyl (C=O) groups is 4. The number of aromatic hydroxyl groups is 1. The van der Waals surface area contributed by atoms with Crippen LogP contribution in [0.3, 0.4) is 0 Å². The van der Waals surface area contributed by atoms with Crippen LogP contribution in [-0.4, -0.2) is 52.3 Å². The van der Waals surface area contributed by atoms with E-state index >= 15 is 0 Å². The number of benzene rings is 3. The van der Waals surface area contributed by atoms with Crippen molar-refractivity contribution in [2.45, 2.75) is 29.7 Å². The molecule has 0 radical (unpaired) electrons. The summed E-state index contributed by atoms with van der Waals surface area (Å²) in [5, 5.41) is 12.6. The molecule has 2 aliphatic heterocycles. The van der Waals surface area contributed by atoms with Crippen LogP contribution in [0.15, 0.2) is 82.6 Å². The van der Waals surface area contributed by atoms with Crippen LogP contribution in [-0.2, 0) is 25.7 Å². The van der Waals surface area contributed by atoms with Crippen LogP contribution >= 0.6 is 23.1 Å². The molecule has 0 aliphatic carbocycles. The zero-order valence-electron chi connectivity index (χ0n) is 24.1. The summed E-state index contributed by atoms with van der Waals surface area (Å²) in [7, 11) is 1.40. The number of aromatic nitrogens is 1. The maximum absolute atomic E-state index is 14.1. The van der Waals surface area contributed by atoms with E-state index in [4.69, 9.17) is 9.47 Å². The third kappa shape index (κ3) is 5.49. The Morgan fingerprint density at radius 2 is 1.71 bits per heavy atom. The second kappa shape index (κ2) is 12.3. The number of anilines is 2. The maximum Gasteiger partial charge on any atom is 0.338 e. The van der Waals surface area contributed by atoms with E-state index in [1.54, 1.807) is 43.3 Å². The first-order chi connectivity index (χ1) is 21.7. The predicted molar refractivity (Wildman–Crippen MR) is 168 cm³/mol. The number of phenolic OH excluding ortho intramolecular Hbond substituents is 1.